The van der Waals surface area contributed by atoms with Gasteiger partial charge in [-0.1, -0.05) is 6.92 Å². The predicted octanol–water partition coefficient (Wildman–Crippen LogP) is 0.0486. The topological polar surface area (TPSA) is 104 Å². The van der Waals surface area contributed by atoms with Gasteiger partial charge in [-0.05, 0) is 19.3 Å². The lowest BCUT2D eigenvalue weighted by atomic mass is 10.1. The molecule has 0 saturated heterocycles. The van der Waals surface area contributed by atoms with Crippen molar-refractivity contribution in [2.24, 2.45) is 5.92 Å². The Hall–Kier alpha value is -1.56. The van der Waals surface area contributed by atoms with Gasteiger partial charge in [0, 0.05) is 13.2 Å². The predicted molar refractivity (Wildman–Crippen MR) is 60.9 cm³/mol. The van der Waals surface area contributed by atoms with E-state index < -0.39 is 0 Å². The maximum absolute atomic E-state index is 11.7. The van der Waals surface area contributed by atoms with Gasteiger partial charge in [0.05, 0.1) is 11.4 Å². The number of nitrogens with two attached hydrogens (primary N) is 1. The molecule has 1 atom stereocenters. The van der Waals surface area contributed by atoms with Crippen LogP contribution < -0.4 is 11.1 Å². The largest absolute Gasteiger partial charge is 0.396 e. The zero-order chi connectivity index (χ0) is 12.1. The van der Waals surface area contributed by atoms with Crippen LogP contribution in [0.15, 0.2) is 0 Å². The van der Waals surface area contributed by atoms with Crippen molar-refractivity contribution >= 4 is 11.6 Å². The summed E-state index contributed by atoms with van der Waals surface area (Å²) in [4.78, 5) is 11.7. The summed E-state index contributed by atoms with van der Waals surface area (Å²) < 4.78 is 0. The van der Waals surface area contributed by atoms with Gasteiger partial charge in [0.2, 0.25) is 0 Å². The summed E-state index contributed by atoms with van der Waals surface area (Å²) in [7, 11) is 0. The third kappa shape index (κ3) is 2.96. The van der Waals surface area contributed by atoms with Crippen LogP contribution in [0.25, 0.3) is 0 Å². The third-order valence-electron chi connectivity index (χ3n) is 2.44. The van der Waals surface area contributed by atoms with Crippen molar-refractivity contribution < 1.29 is 9.90 Å². The van der Waals surface area contributed by atoms with Crippen molar-refractivity contribution in [3.8, 4) is 0 Å². The third-order valence-corrected chi connectivity index (χ3v) is 2.44. The van der Waals surface area contributed by atoms with E-state index in [1.54, 1.807) is 6.92 Å². The fraction of sp³-hybridized carbons (Fsp3) is 0.600. The van der Waals surface area contributed by atoms with Gasteiger partial charge in [-0.15, -0.1) is 0 Å². The van der Waals surface area contributed by atoms with Gasteiger partial charge in [-0.2, -0.15) is 5.10 Å². The van der Waals surface area contributed by atoms with Crippen LogP contribution in [-0.4, -0.2) is 34.4 Å². The number of carbonyl (C=O) groups is 1. The fourth-order valence-electron chi connectivity index (χ4n) is 1.28. The zero-order valence-electron chi connectivity index (χ0n) is 9.58. The van der Waals surface area contributed by atoms with Gasteiger partial charge in [0.1, 0.15) is 0 Å². The molecule has 0 aliphatic carbocycles. The van der Waals surface area contributed by atoms with Crippen molar-refractivity contribution in [2.45, 2.75) is 20.3 Å². The Balaban J connectivity index is 2.50. The number of aliphatic hydroxyl groups is 1. The fourth-order valence-corrected chi connectivity index (χ4v) is 1.28. The minimum atomic E-state index is -0.286. The van der Waals surface area contributed by atoms with Crippen LogP contribution in [0.1, 0.15) is 29.5 Å². The second kappa shape index (κ2) is 5.50. The highest BCUT2D eigenvalue weighted by molar-refractivity contribution is 5.97. The van der Waals surface area contributed by atoms with E-state index in [2.05, 4.69) is 15.5 Å². The standard InChI is InChI=1S/C10H18N4O2/c1-6(3-4-15)5-12-10(16)9-8(11)7(2)13-14-9/h6,15H,3-5,11H2,1-2H3,(H,12,16)(H,13,14). The van der Waals surface area contributed by atoms with Crippen molar-refractivity contribution in [1.82, 2.24) is 15.5 Å². The number of aromatic nitrogens is 2. The molecular weight excluding hydrogens is 208 g/mol. The summed E-state index contributed by atoms with van der Waals surface area (Å²) in [5.74, 6) is -0.0538. The number of hydrogen-bond acceptors (Lipinski definition) is 4. The number of H-pyrrole nitrogens is 1. The lowest BCUT2D eigenvalue weighted by Gasteiger charge is -2.10. The summed E-state index contributed by atoms with van der Waals surface area (Å²) in [5.41, 5.74) is 6.97. The minimum absolute atomic E-state index is 0.126. The van der Waals surface area contributed by atoms with Gasteiger partial charge in [0.15, 0.2) is 5.69 Å². The van der Waals surface area contributed by atoms with Crippen molar-refractivity contribution in [2.75, 3.05) is 18.9 Å². The molecule has 6 heteroatoms. The molecule has 0 saturated carbocycles. The van der Waals surface area contributed by atoms with Crippen LogP contribution in [0.4, 0.5) is 5.69 Å². The molecule has 1 rings (SSSR count). The normalized spacial score (nSPS) is 12.4. The number of nitrogen functional groups attached to an aromatic ring is 1. The van der Waals surface area contributed by atoms with Gasteiger partial charge >= 0.3 is 0 Å². The van der Waals surface area contributed by atoms with Gasteiger partial charge in [-0.25, -0.2) is 0 Å². The molecule has 1 aromatic rings. The first-order valence-corrected chi connectivity index (χ1v) is 5.25. The van der Waals surface area contributed by atoms with Crippen molar-refractivity contribution in [1.29, 1.82) is 0 Å². The van der Waals surface area contributed by atoms with E-state index in [-0.39, 0.29) is 24.1 Å². The van der Waals surface area contributed by atoms with E-state index in [0.29, 0.717) is 24.3 Å². The molecule has 0 spiro atoms. The van der Waals surface area contributed by atoms with E-state index in [9.17, 15) is 4.79 Å². The number of aromatic amines is 1. The molecule has 5 N–H and O–H groups in total. The number of hydrogen-bond donors (Lipinski definition) is 4. The number of anilines is 1. The highest BCUT2D eigenvalue weighted by atomic mass is 16.3. The lowest BCUT2D eigenvalue weighted by molar-refractivity contribution is 0.0941. The summed E-state index contributed by atoms with van der Waals surface area (Å²) in [6.45, 7) is 4.34. The molecule has 0 bridgehead atoms. The molecule has 0 fully saturated rings. The Morgan fingerprint density at radius 2 is 2.38 bits per heavy atom. The Bertz CT molecular complexity index is 362. The maximum atomic E-state index is 11.7. The summed E-state index contributed by atoms with van der Waals surface area (Å²) in [6, 6.07) is 0. The second-order valence-corrected chi connectivity index (χ2v) is 3.94. The summed E-state index contributed by atoms with van der Waals surface area (Å²) in [6.07, 6.45) is 0.662. The molecule has 6 nitrogen and oxygen atoms in total. The van der Waals surface area contributed by atoms with Crippen molar-refractivity contribution in [3.05, 3.63) is 11.4 Å². The van der Waals surface area contributed by atoms with E-state index in [1.165, 1.54) is 0 Å². The molecule has 0 aliphatic heterocycles. The monoisotopic (exact) mass is 226 g/mol. The first kappa shape index (κ1) is 12.5. The quantitative estimate of drug-likeness (QED) is 0.569. The number of nitrogens with one attached hydrogen (secondary N) is 2. The highest BCUT2D eigenvalue weighted by Gasteiger charge is 2.15. The van der Waals surface area contributed by atoms with Crippen molar-refractivity contribution in [3.63, 3.8) is 0 Å². The first-order chi connectivity index (χ1) is 7.56. The molecule has 1 unspecified atom stereocenters. The van der Waals surface area contributed by atoms with Crippen LogP contribution in [-0.2, 0) is 0 Å². The second-order valence-electron chi connectivity index (χ2n) is 3.94. The first-order valence-electron chi connectivity index (χ1n) is 5.25. The zero-order valence-corrected chi connectivity index (χ0v) is 9.58. The summed E-state index contributed by atoms with van der Waals surface area (Å²) in [5, 5.41) is 17.9. The number of carbonyl (C=O) groups excluding carboxylic acids is 1. The Labute approximate surface area is 94.2 Å². The Morgan fingerprint density at radius 1 is 1.69 bits per heavy atom. The molecule has 0 aliphatic rings. The van der Waals surface area contributed by atoms with Gasteiger partial charge < -0.3 is 16.2 Å². The number of aliphatic hydroxyl groups excluding tert-OH is 1. The van der Waals surface area contributed by atoms with Crippen LogP contribution in [0.2, 0.25) is 0 Å². The van der Waals surface area contributed by atoms with E-state index in [1.807, 2.05) is 6.92 Å². The molecule has 1 heterocycles. The van der Waals surface area contributed by atoms with Crippen LogP contribution >= 0.6 is 0 Å². The average Bonchev–Trinajstić information content (AvgIpc) is 2.57. The number of amides is 1. The van der Waals surface area contributed by atoms with Crippen LogP contribution in [0.5, 0.6) is 0 Å². The van der Waals surface area contributed by atoms with Crippen LogP contribution in [0.3, 0.4) is 0 Å². The minimum Gasteiger partial charge on any atom is -0.396 e. The summed E-state index contributed by atoms with van der Waals surface area (Å²) >= 11 is 0. The average molecular weight is 226 g/mol. The number of nitrogens with zero attached hydrogens (tertiary/aromatic N) is 1. The molecule has 1 aromatic heterocycles. The lowest BCUT2D eigenvalue weighted by Crippen LogP contribution is -2.29. The molecule has 0 aromatic carbocycles. The van der Waals surface area contributed by atoms with Gasteiger partial charge in [0.25, 0.3) is 5.91 Å². The number of aryl methyl sites for hydroxylation is 1. The van der Waals surface area contributed by atoms with Crippen LogP contribution in [0, 0.1) is 12.8 Å². The highest BCUT2D eigenvalue weighted by Crippen LogP contribution is 2.12. The molecular formula is C10H18N4O2. The Morgan fingerprint density at radius 3 is 2.88 bits per heavy atom. The maximum Gasteiger partial charge on any atom is 0.273 e. The van der Waals surface area contributed by atoms with Gasteiger partial charge in [-0.3, -0.25) is 9.89 Å². The smallest absolute Gasteiger partial charge is 0.273 e. The molecule has 1 amide bonds. The van der Waals surface area contributed by atoms with E-state index in [0.717, 1.165) is 0 Å². The molecule has 0 radical (unpaired) electrons. The SMILES string of the molecule is Cc1[nH]nc(C(=O)NCC(C)CCO)c1N. The van der Waals surface area contributed by atoms with E-state index >= 15 is 0 Å². The Kier molecular flexibility index (Phi) is 4.30. The number of rotatable bonds is 5. The molecule has 90 valence electrons. The van der Waals surface area contributed by atoms with E-state index in [4.69, 9.17) is 10.8 Å². The molecule has 16 heavy (non-hydrogen) atoms.